The second-order valence-electron chi connectivity index (χ2n) is 4.54. The van der Waals surface area contributed by atoms with Crippen molar-refractivity contribution in [2.75, 3.05) is 32.7 Å². The SMILES string of the molecule is C=NCCc1cc(Cl)ccc1C(=O)N1CCNCC1. The molecule has 0 aromatic heterocycles. The second kappa shape index (κ2) is 6.68. The van der Waals surface area contributed by atoms with Gasteiger partial charge in [0.25, 0.3) is 5.91 Å². The zero-order valence-corrected chi connectivity index (χ0v) is 11.6. The fourth-order valence-electron chi connectivity index (χ4n) is 2.22. The average Bonchev–Trinajstić information content (AvgIpc) is 2.45. The molecule has 1 amide bonds. The Hall–Kier alpha value is -1.39. The first-order valence-corrected chi connectivity index (χ1v) is 6.81. The molecule has 1 aliphatic heterocycles. The number of benzene rings is 1. The van der Waals surface area contributed by atoms with Crippen molar-refractivity contribution in [2.24, 2.45) is 4.99 Å². The van der Waals surface area contributed by atoms with E-state index in [1.54, 1.807) is 6.07 Å². The topological polar surface area (TPSA) is 44.7 Å². The standard InChI is InChI=1S/C14H18ClN3O/c1-16-5-4-11-10-12(15)2-3-13(11)14(19)18-8-6-17-7-9-18/h2-3,10,17H,1,4-9H2. The van der Waals surface area contributed by atoms with Crippen LogP contribution in [0.2, 0.25) is 5.02 Å². The highest BCUT2D eigenvalue weighted by Crippen LogP contribution is 2.19. The normalized spacial score (nSPS) is 15.3. The van der Waals surface area contributed by atoms with Crippen molar-refractivity contribution in [3.05, 3.63) is 34.3 Å². The van der Waals surface area contributed by atoms with Crippen molar-refractivity contribution in [1.82, 2.24) is 10.2 Å². The molecule has 19 heavy (non-hydrogen) atoms. The second-order valence-corrected chi connectivity index (χ2v) is 4.98. The zero-order chi connectivity index (χ0) is 13.7. The lowest BCUT2D eigenvalue weighted by atomic mass is 10.0. The van der Waals surface area contributed by atoms with E-state index in [1.165, 1.54) is 0 Å². The third-order valence-corrected chi connectivity index (χ3v) is 3.48. The molecule has 102 valence electrons. The maximum atomic E-state index is 12.5. The average molecular weight is 280 g/mol. The summed E-state index contributed by atoms with van der Waals surface area (Å²) < 4.78 is 0. The van der Waals surface area contributed by atoms with Crippen molar-refractivity contribution < 1.29 is 4.79 Å². The van der Waals surface area contributed by atoms with Gasteiger partial charge in [-0.15, -0.1) is 0 Å². The molecular formula is C14H18ClN3O. The summed E-state index contributed by atoms with van der Waals surface area (Å²) in [6.07, 6.45) is 0.692. The van der Waals surface area contributed by atoms with Crippen molar-refractivity contribution in [3.63, 3.8) is 0 Å². The number of nitrogens with zero attached hydrogens (tertiary/aromatic N) is 2. The van der Waals surface area contributed by atoms with E-state index in [1.807, 2.05) is 17.0 Å². The Morgan fingerprint density at radius 3 is 2.84 bits per heavy atom. The van der Waals surface area contributed by atoms with Crippen molar-refractivity contribution in [2.45, 2.75) is 6.42 Å². The quantitative estimate of drug-likeness (QED) is 0.852. The molecule has 0 saturated carbocycles. The van der Waals surface area contributed by atoms with Crippen LogP contribution in [0.5, 0.6) is 0 Å². The maximum Gasteiger partial charge on any atom is 0.254 e. The Bertz CT molecular complexity index is 470. The summed E-state index contributed by atoms with van der Waals surface area (Å²) in [6.45, 7) is 7.28. The molecule has 1 fully saturated rings. The summed E-state index contributed by atoms with van der Waals surface area (Å²) in [5, 5.41) is 3.89. The van der Waals surface area contributed by atoms with Crippen LogP contribution in [0.4, 0.5) is 0 Å². The minimum atomic E-state index is 0.0808. The molecule has 1 aromatic rings. The van der Waals surface area contributed by atoms with E-state index in [9.17, 15) is 4.79 Å². The summed E-state index contributed by atoms with van der Waals surface area (Å²) in [5.74, 6) is 0.0808. The molecular weight excluding hydrogens is 262 g/mol. The lowest BCUT2D eigenvalue weighted by molar-refractivity contribution is 0.0734. The first kappa shape index (κ1) is 14.0. The van der Waals surface area contributed by atoms with Crippen LogP contribution in [-0.2, 0) is 6.42 Å². The summed E-state index contributed by atoms with van der Waals surface area (Å²) in [6, 6.07) is 5.43. The highest BCUT2D eigenvalue weighted by molar-refractivity contribution is 6.30. The summed E-state index contributed by atoms with van der Waals surface area (Å²) in [7, 11) is 0. The van der Waals surface area contributed by atoms with Crippen LogP contribution in [0.25, 0.3) is 0 Å². The highest BCUT2D eigenvalue weighted by atomic mass is 35.5. The van der Waals surface area contributed by atoms with Gasteiger partial charge in [0.2, 0.25) is 0 Å². The van der Waals surface area contributed by atoms with Crippen LogP contribution < -0.4 is 5.32 Å². The number of nitrogens with one attached hydrogen (secondary N) is 1. The number of carbonyl (C=O) groups excluding carboxylic acids is 1. The highest BCUT2D eigenvalue weighted by Gasteiger charge is 2.20. The molecule has 0 bridgehead atoms. The van der Waals surface area contributed by atoms with E-state index in [2.05, 4.69) is 17.0 Å². The van der Waals surface area contributed by atoms with Crippen LogP contribution in [0.3, 0.4) is 0 Å². The van der Waals surface area contributed by atoms with Gasteiger partial charge in [-0.1, -0.05) is 11.6 Å². The summed E-state index contributed by atoms with van der Waals surface area (Å²) in [5.41, 5.74) is 1.68. The Morgan fingerprint density at radius 1 is 1.42 bits per heavy atom. The van der Waals surface area contributed by atoms with Gasteiger partial charge in [-0.2, -0.15) is 0 Å². The maximum absolute atomic E-state index is 12.5. The minimum Gasteiger partial charge on any atom is -0.336 e. The number of aliphatic imine (C=N–C) groups is 1. The number of rotatable bonds is 4. The van der Waals surface area contributed by atoms with Crippen LogP contribution in [0, 0.1) is 0 Å². The third-order valence-electron chi connectivity index (χ3n) is 3.24. The number of carbonyl (C=O) groups is 1. The molecule has 1 N–H and O–H groups in total. The van der Waals surface area contributed by atoms with Crippen LogP contribution in [-0.4, -0.2) is 50.2 Å². The van der Waals surface area contributed by atoms with Gasteiger partial charge >= 0.3 is 0 Å². The molecule has 1 heterocycles. The van der Waals surface area contributed by atoms with Crippen molar-refractivity contribution in [1.29, 1.82) is 0 Å². The first-order chi connectivity index (χ1) is 9.22. The predicted molar refractivity (Wildman–Crippen MR) is 78.3 cm³/mol. The minimum absolute atomic E-state index is 0.0808. The van der Waals surface area contributed by atoms with Gasteiger partial charge in [0.15, 0.2) is 0 Å². The lowest BCUT2D eigenvalue weighted by Crippen LogP contribution is -2.46. The zero-order valence-electron chi connectivity index (χ0n) is 10.9. The predicted octanol–water partition coefficient (Wildman–Crippen LogP) is 1.63. The van der Waals surface area contributed by atoms with Crippen LogP contribution in [0.15, 0.2) is 23.2 Å². The van der Waals surface area contributed by atoms with E-state index in [0.717, 1.165) is 37.3 Å². The molecule has 1 aliphatic rings. The molecule has 0 radical (unpaired) electrons. The Morgan fingerprint density at radius 2 is 2.16 bits per heavy atom. The molecule has 0 unspecified atom stereocenters. The van der Waals surface area contributed by atoms with Gasteiger partial charge in [-0.25, -0.2) is 0 Å². The van der Waals surface area contributed by atoms with Gasteiger partial charge in [0.05, 0.1) is 0 Å². The fourth-order valence-corrected chi connectivity index (χ4v) is 2.41. The van der Waals surface area contributed by atoms with Gasteiger partial charge in [0.1, 0.15) is 0 Å². The van der Waals surface area contributed by atoms with E-state index in [4.69, 9.17) is 11.6 Å². The molecule has 0 spiro atoms. The largest absolute Gasteiger partial charge is 0.336 e. The van der Waals surface area contributed by atoms with Gasteiger partial charge < -0.3 is 15.2 Å². The van der Waals surface area contributed by atoms with Crippen molar-refractivity contribution >= 4 is 24.2 Å². The van der Waals surface area contributed by atoms with Crippen LogP contribution in [0.1, 0.15) is 15.9 Å². The molecule has 0 atom stereocenters. The number of piperazine rings is 1. The summed E-state index contributed by atoms with van der Waals surface area (Å²) >= 11 is 6.01. The van der Waals surface area contributed by atoms with Gasteiger partial charge in [-0.3, -0.25) is 4.79 Å². The molecule has 5 heteroatoms. The first-order valence-electron chi connectivity index (χ1n) is 6.43. The third kappa shape index (κ3) is 3.55. The Balaban J connectivity index is 2.21. The van der Waals surface area contributed by atoms with E-state index in [-0.39, 0.29) is 5.91 Å². The van der Waals surface area contributed by atoms with E-state index < -0.39 is 0 Å². The van der Waals surface area contributed by atoms with Crippen molar-refractivity contribution in [3.8, 4) is 0 Å². The Kier molecular flexibility index (Phi) is 4.93. The monoisotopic (exact) mass is 279 g/mol. The fraction of sp³-hybridized carbons (Fsp3) is 0.429. The smallest absolute Gasteiger partial charge is 0.254 e. The van der Waals surface area contributed by atoms with Gasteiger partial charge in [0, 0.05) is 43.3 Å². The van der Waals surface area contributed by atoms with E-state index >= 15 is 0 Å². The molecule has 1 aromatic carbocycles. The van der Waals surface area contributed by atoms with E-state index in [0.29, 0.717) is 18.0 Å². The lowest BCUT2D eigenvalue weighted by Gasteiger charge is -2.28. The van der Waals surface area contributed by atoms with Crippen LogP contribution >= 0.6 is 11.6 Å². The number of hydrogen-bond donors (Lipinski definition) is 1. The molecule has 2 rings (SSSR count). The molecule has 1 saturated heterocycles. The molecule has 4 nitrogen and oxygen atoms in total. The number of halogens is 1. The number of hydrogen-bond acceptors (Lipinski definition) is 3. The Labute approximate surface area is 118 Å². The van der Waals surface area contributed by atoms with Gasteiger partial charge in [-0.05, 0) is 36.9 Å². The molecule has 0 aliphatic carbocycles. The number of amides is 1. The summed E-state index contributed by atoms with van der Waals surface area (Å²) in [4.78, 5) is 18.2.